The number of benzene rings is 2. The van der Waals surface area contributed by atoms with Crippen LogP contribution in [-0.4, -0.2) is 4.98 Å². The lowest BCUT2D eigenvalue weighted by molar-refractivity contribution is 0.418. The van der Waals surface area contributed by atoms with Crippen LogP contribution in [0.4, 0.5) is 0 Å². The van der Waals surface area contributed by atoms with Crippen LogP contribution in [0.3, 0.4) is 0 Å². The zero-order valence-corrected chi connectivity index (χ0v) is 11.2. The van der Waals surface area contributed by atoms with E-state index in [1.165, 1.54) is 0 Å². The van der Waals surface area contributed by atoms with E-state index >= 15 is 0 Å². The van der Waals surface area contributed by atoms with Gasteiger partial charge in [0.2, 0.25) is 5.89 Å². The van der Waals surface area contributed by atoms with Gasteiger partial charge in [-0.1, -0.05) is 41.9 Å². The minimum Gasteiger partial charge on any atom is -0.438 e. The molecule has 1 aromatic heterocycles. The Balaban J connectivity index is 2.13. The van der Waals surface area contributed by atoms with Gasteiger partial charge >= 0.3 is 0 Å². The summed E-state index contributed by atoms with van der Waals surface area (Å²) in [6.45, 7) is 1.88. The smallest absolute Gasteiger partial charge is 0.219 e. The molecule has 3 rings (SSSR count). The predicted molar refractivity (Wildman–Crippen MR) is 76.1 cm³/mol. The summed E-state index contributed by atoms with van der Waals surface area (Å²) >= 11 is 5.95. The predicted octanol–water partition coefficient (Wildman–Crippen LogP) is 3.70. The Labute approximate surface area is 116 Å². The number of fused-ring (bicyclic) bond motifs is 1. The van der Waals surface area contributed by atoms with Crippen molar-refractivity contribution in [1.82, 2.24) is 4.98 Å². The fraction of sp³-hybridized carbons (Fsp3) is 0.133. The van der Waals surface area contributed by atoms with Gasteiger partial charge in [0, 0.05) is 5.02 Å². The van der Waals surface area contributed by atoms with Crippen molar-refractivity contribution in [3.63, 3.8) is 0 Å². The third kappa shape index (κ3) is 2.11. The first kappa shape index (κ1) is 12.2. The van der Waals surface area contributed by atoms with Crippen molar-refractivity contribution in [1.29, 1.82) is 0 Å². The third-order valence-electron chi connectivity index (χ3n) is 3.17. The lowest BCUT2D eigenvalue weighted by Gasteiger charge is -2.20. The maximum atomic E-state index is 6.37. The van der Waals surface area contributed by atoms with Gasteiger partial charge in [-0.25, -0.2) is 4.98 Å². The van der Waals surface area contributed by atoms with Crippen LogP contribution in [0.1, 0.15) is 18.4 Å². The lowest BCUT2D eigenvalue weighted by Crippen LogP contribution is -2.34. The molecule has 0 aliphatic heterocycles. The average molecular weight is 273 g/mol. The Hall–Kier alpha value is -1.84. The molecule has 4 heteroatoms. The van der Waals surface area contributed by atoms with Gasteiger partial charge in [-0.3, -0.25) is 0 Å². The van der Waals surface area contributed by atoms with Gasteiger partial charge in [0.25, 0.3) is 0 Å². The molecule has 0 spiro atoms. The average Bonchev–Trinajstić information content (AvgIpc) is 2.83. The van der Waals surface area contributed by atoms with E-state index in [-0.39, 0.29) is 0 Å². The van der Waals surface area contributed by atoms with E-state index in [9.17, 15) is 0 Å². The number of hydrogen-bond donors (Lipinski definition) is 1. The van der Waals surface area contributed by atoms with Crippen molar-refractivity contribution < 1.29 is 4.42 Å². The Bertz CT molecular complexity index is 719. The first-order valence-corrected chi connectivity index (χ1v) is 6.36. The topological polar surface area (TPSA) is 52.0 Å². The number of nitrogens with zero attached hydrogens (tertiary/aromatic N) is 1. The summed E-state index contributed by atoms with van der Waals surface area (Å²) in [5.41, 5.74) is 7.96. The quantitative estimate of drug-likeness (QED) is 0.774. The standard InChI is InChI=1S/C15H13ClN2O/c1-15(17,10-5-3-2-4-6-10)14-18-12-9-11(16)7-8-13(12)19-14/h2-9H,17H2,1H3. The van der Waals surface area contributed by atoms with Crippen molar-refractivity contribution in [3.05, 3.63) is 65.0 Å². The monoisotopic (exact) mass is 272 g/mol. The molecule has 96 valence electrons. The molecule has 0 saturated carbocycles. The summed E-state index contributed by atoms with van der Waals surface area (Å²) in [5, 5.41) is 0.630. The molecule has 0 saturated heterocycles. The first-order chi connectivity index (χ1) is 9.07. The van der Waals surface area contributed by atoms with Gasteiger partial charge in [-0.15, -0.1) is 0 Å². The van der Waals surface area contributed by atoms with Gasteiger partial charge in [0.1, 0.15) is 11.1 Å². The number of oxazole rings is 1. The second-order valence-corrected chi connectivity index (χ2v) is 5.14. The Kier molecular flexibility index (Phi) is 2.81. The van der Waals surface area contributed by atoms with Crippen LogP contribution >= 0.6 is 11.6 Å². The molecule has 0 amide bonds. The van der Waals surface area contributed by atoms with Crippen LogP contribution in [0.5, 0.6) is 0 Å². The SMILES string of the molecule is CC(N)(c1ccccc1)c1nc2cc(Cl)ccc2o1. The summed E-state index contributed by atoms with van der Waals surface area (Å²) in [6.07, 6.45) is 0. The van der Waals surface area contributed by atoms with Crippen LogP contribution in [0, 0.1) is 0 Å². The summed E-state index contributed by atoms with van der Waals surface area (Å²) in [4.78, 5) is 4.45. The molecule has 3 aromatic rings. The van der Waals surface area contributed by atoms with Gasteiger partial charge in [0.05, 0.1) is 0 Å². The fourth-order valence-corrected chi connectivity index (χ4v) is 2.20. The molecule has 1 atom stereocenters. The second kappa shape index (κ2) is 4.37. The third-order valence-corrected chi connectivity index (χ3v) is 3.40. The van der Waals surface area contributed by atoms with E-state index in [1.54, 1.807) is 18.2 Å². The van der Waals surface area contributed by atoms with Crippen LogP contribution in [0.25, 0.3) is 11.1 Å². The maximum absolute atomic E-state index is 6.37. The lowest BCUT2D eigenvalue weighted by atomic mass is 9.93. The van der Waals surface area contributed by atoms with E-state index in [0.29, 0.717) is 16.5 Å². The highest BCUT2D eigenvalue weighted by molar-refractivity contribution is 6.31. The van der Waals surface area contributed by atoms with E-state index in [4.69, 9.17) is 21.8 Å². The van der Waals surface area contributed by atoms with E-state index in [2.05, 4.69) is 4.98 Å². The van der Waals surface area contributed by atoms with Crippen LogP contribution in [0.2, 0.25) is 5.02 Å². The summed E-state index contributed by atoms with van der Waals surface area (Å²) in [5.74, 6) is 0.482. The highest BCUT2D eigenvalue weighted by Crippen LogP contribution is 2.29. The molecule has 0 bridgehead atoms. The highest BCUT2D eigenvalue weighted by atomic mass is 35.5. The van der Waals surface area contributed by atoms with Crippen molar-refractivity contribution >= 4 is 22.7 Å². The van der Waals surface area contributed by atoms with Crippen molar-refractivity contribution in [2.24, 2.45) is 5.73 Å². The van der Waals surface area contributed by atoms with E-state index in [0.717, 1.165) is 11.1 Å². The summed E-state index contributed by atoms with van der Waals surface area (Å²) in [6, 6.07) is 15.1. The zero-order valence-electron chi connectivity index (χ0n) is 10.4. The molecule has 0 fully saturated rings. The molecular formula is C15H13ClN2O. The number of hydrogen-bond acceptors (Lipinski definition) is 3. The van der Waals surface area contributed by atoms with Gasteiger partial charge in [-0.2, -0.15) is 0 Å². The molecular weight excluding hydrogens is 260 g/mol. The molecule has 1 heterocycles. The Morgan fingerprint density at radius 2 is 1.89 bits per heavy atom. The van der Waals surface area contributed by atoms with Crippen molar-refractivity contribution in [3.8, 4) is 0 Å². The molecule has 0 radical (unpaired) electrons. The van der Waals surface area contributed by atoms with Crippen LogP contribution in [-0.2, 0) is 5.54 Å². The van der Waals surface area contributed by atoms with Crippen LogP contribution < -0.4 is 5.73 Å². The highest BCUT2D eigenvalue weighted by Gasteiger charge is 2.29. The number of halogens is 1. The Morgan fingerprint density at radius 1 is 1.16 bits per heavy atom. The number of aromatic nitrogens is 1. The maximum Gasteiger partial charge on any atom is 0.219 e. The van der Waals surface area contributed by atoms with Gasteiger partial charge in [-0.05, 0) is 30.7 Å². The van der Waals surface area contributed by atoms with E-state index in [1.807, 2.05) is 37.3 Å². The number of rotatable bonds is 2. The van der Waals surface area contributed by atoms with E-state index < -0.39 is 5.54 Å². The molecule has 2 aromatic carbocycles. The number of nitrogens with two attached hydrogens (primary N) is 1. The minimum absolute atomic E-state index is 0.482. The normalized spacial score (nSPS) is 14.5. The zero-order chi connectivity index (χ0) is 13.5. The molecule has 3 nitrogen and oxygen atoms in total. The Morgan fingerprint density at radius 3 is 2.63 bits per heavy atom. The largest absolute Gasteiger partial charge is 0.438 e. The van der Waals surface area contributed by atoms with Crippen molar-refractivity contribution in [2.75, 3.05) is 0 Å². The minimum atomic E-state index is -0.771. The summed E-state index contributed by atoms with van der Waals surface area (Å²) in [7, 11) is 0. The van der Waals surface area contributed by atoms with Gasteiger partial charge < -0.3 is 10.2 Å². The molecule has 2 N–H and O–H groups in total. The summed E-state index contributed by atoms with van der Waals surface area (Å²) < 4.78 is 5.75. The van der Waals surface area contributed by atoms with Crippen LogP contribution in [0.15, 0.2) is 52.9 Å². The molecule has 19 heavy (non-hydrogen) atoms. The molecule has 0 aliphatic carbocycles. The fourth-order valence-electron chi connectivity index (χ4n) is 2.03. The van der Waals surface area contributed by atoms with Crippen molar-refractivity contribution in [2.45, 2.75) is 12.5 Å². The molecule has 0 aliphatic rings. The first-order valence-electron chi connectivity index (χ1n) is 5.98. The second-order valence-electron chi connectivity index (χ2n) is 4.70. The van der Waals surface area contributed by atoms with Gasteiger partial charge in [0.15, 0.2) is 5.58 Å². The molecule has 1 unspecified atom stereocenters.